The van der Waals surface area contributed by atoms with Crippen LogP contribution in [0.1, 0.15) is 87.3 Å². The molecule has 1 spiro atoms. The predicted molar refractivity (Wildman–Crippen MR) is 140 cm³/mol. The van der Waals surface area contributed by atoms with Crippen LogP contribution in [0.15, 0.2) is 42.5 Å². The van der Waals surface area contributed by atoms with Crippen LogP contribution < -0.4 is 5.32 Å². The number of hydrogen-bond donors (Lipinski definition) is 1. The summed E-state index contributed by atoms with van der Waals surface area (Å²) in [6.45, 7) is 4.04. The van der Waals surface area contributed by atoms with E-state index in [-0.39, 0.29) is 29.5 Å². The minimum absolute atomic E-state index is 0.142. The molecule has 3 aliphatic rings. The van der Waals surface area contributed by atoms with Crippen molar-refractivity contribution in [2.24, 2.45) is 5.92 Å². The van der Waals surface area contributed by atoms with E-state index in [2.05, 4.69) is 47.5 Å². The molecule has 5 rings (SSSR count). The van der Waals surface area contributed by atoms with Crippen LogP contribution in [0.3, 0.4) is 0 Å². The first-order chi connectivity index (χ1) is 17.5. The summed E-state index contributed by atoms with van der Waals surface area (Å²) < 4.78 is 30.0. The van der Waals surface area contributed by atoms with E-state index >= 15 is 4.39 Å². The number of rotatable bonds is 7. The number of nitrogens with zero attached hydrogens (tertiary/aromatic N) is 1. The molecule has 36 heavy (non-hydrogen) atoms. The van der Waals surface area contributed by atoms with E-state index in [4.69, 9.17) is 0 Å². The Morgan fingerprint density at radius 1 is 1.08 bits per heavy atom. The van der Waals surface area contributed by atoms with Crippen LogP contribution in [0.4, 0.5) is 8.78 Å². The topological polar surface area (TPSA) is 32.3 Å². The molecule has 0 radical (unpaired) electrons. The first-order valence-corrected chi connectivity index (χ1v) is 14.1. The Hall–Kier alpha value is -2.27. The lowest BCUT2D eigenvalue weighted by Crippen LogP contribution is -2.53. The van der Waals surface area contributed by atoms with E-state index in [0.717, 1.165) is 45.1 Å². The fraction of sp³-hybridized carbons (Fsp3) is 0.581. The molecular weight excluding hydrogens is 454 g/mol. The Kier molecular flexibility index (Phi) is 7.76. The molecule has 194 valence electrons. The van der Waals surface area contributed by atoms with Gasteiger partial charge in [-0.2, -0.15) is 0 Å². The van der Waals surface area contributed by atoms with E-state index in [1.165, 1.54) is 37.0 Å². The lowest BCUT2D eigenvalue weighted by molar-refractivity contribution is -0.141. The van der Waals surface area contributed by atoms with Gasteiger partial charge >= 0.3 is 0 Å². The maximum atomic E-state index is 15.3. The van der Waals surface area contributed by atoms with Crippen LogP contribution in [0.2, 0.25) is 0 Å². The molecular formula is C31H40F2N2O. The number of likely N-dealkylation sites (tertiary alicyclic amines) is 1. The third kappa shape index (κ3) is 4.71. The molecule has 3 nitrogen and oxygen atoms in total. The number of nitrogens with one attached hydrogen (secondary N) is 1. The van der Waals surface area contributed by atoms with Gasteiger partial charge in [-0.3, -0.25) is 4.79 Å². The van der Waals surface area contributed by atoms with Crippen LogP contribution in [0.5, 0.6) is 0 Å². The highest BCUT2D eigenvalue weighted by atomic mass is 19.1. The quantitative estimate of drug-likeness (QED) is 0.446. The van der Waals surface area contributed by atoms with Gasteiger partial charge in [0.05, 0.1) is 5.92 Å². The maximum absolute atomic E-state index is 15.3. The normalized spacial score (nSPS) is 27.9. The molecule has 2 fully saturated rings. The second kappa shape index (κ2) is 11.0. The average molecular weight is 495 g/mol. The zero-order valence-electron chi connectivity index (χ0n) is 21.6. The molecule has 4 atom stereocenters. The van der Waals surface area contributed by atoms with E-state index in [9.17, 15) is 9.18 Å². The highest BCUT2D eigenvalue weighted by Crippen LogP contribution is 2.48. The third-order valence-electron chi connectivity index (χ3n) is 9.17. The summed E-state index contributed by atoms with van der Waals surface area (Å²) >= 11 is 0. The highest BCUT2D eigenvalue weighted by Gasteiger charge is 2.53. The Morgan fingerprint density at radius 3 is 2.69 bits per heavy atom. The van der Waals surface area contributed by atoms with Crippen LogP contribution >= 0.6 is 0 Å². The lowest BCUT2D eigenvalue weighted by atomic mass is 9.63. The number of carbonyl (C=O) groups is 1. The number of halogens is 2. The molecule has 1 amide bonds. The van der Waals surface area contributed by atoms with Crippen molar-refractivity contribution in [3.63, 3.8) is 0 Å². The second-order valence-electron chi connectivity index (χ2n) is 11.2. The van der Waals surface area contributed by atoms with Crippen LogP contribution in [-0.2, 0) is 16.6 Å². The zero-order valence-corrected chi connectivity index (χ0v) is 21.6. The van der Waals surface area contributed by atoms with Crippen molar-refractivity contribution in [1.82, 2.24) is 10.2 Å². The van der Waals surface area contributed by atoms with Crippen molar-refractivity contribution >= 4 is 5.91 Å². The summed E-state index contributed by atoms with van der Waals surface area (Å²) in [4.78, 5) is 16.4. The van der Waals surface area contributed by atoms with Gasteiger partial charge in [0, 0.05) is 36.7 Å². The minimum atomic E-state index is -0.653. The standard InChI is InChI=1S/C31H40F2N2O/c1-2-3-4-8-12-24-19-23(22-10-6-5-7-11-22)16-18-35(24)30(36)26-20-34-21-31(26)17-9-13-25-27(32)14-15-28(33)29(25)31/h5-7,10-11,14-15,23-24,26,34H,2-4,8-9,12-13,16-21H2,1H3. The van der Waals surface area contributed by atoms with Gasteiger partial charge in [-0.25, -0.2) is 8.78 Å². The monoisotopic (exact) mass is 494 g/mol. The van der Waals surface area contributed by atoms with Gasteiger partial charge in [-0.1, -0.05) is 62.9 Å². The van der Waals surface area contributed by atoms with Gasteiger partial charge in [-0.15, -0.1) is 0 Å². The minimum Gasteiger partial charge on any atom is -0.339 e. The molecule has 2 aromatic rings. The van der Waals surface area contributed by atoms with Gasteiger partial charge < -0.3 is 10.2 Å². The number of carbonyl (C=O) groups excluding carboxylic acids is 1. The molecule has 0 saturated carbocycles. The van der Waals surface area contributed by atoms with E-state index in [1.54, 1.807) is 0 Å². The van der Waals surface area contributed by atoms with Crippen molar-refractivity contribution < 1.29 is 13.6 Å². The number of hydrogen-bond acceptors (Lipinski definition) is 2. The van der Waals surface area contributed by atoms with E-state index in [0.29, 0.717) is 36.6 Å². The SMILES string of the molecule is CCCCCCC1CC(c2ccccc2)CCN1C(=O)C1CNCC12CCCc1c(F)ccc(F)c12. The van der Waals surface area contributed by atoms with Crippen molar-refractivity contribution in [1.29, 1.82) is 0 Å². The summed E-state index contributed by atoms with van der Waals surface area (Å²) in [6, 6.07) is 13.4. The molecule has 5 heteroatoms. The molecule has 0 bridgehead atoms. The van der Waals surface area contributed by atoms with Crippen molar-refractivity contribution in [2.45, 2.75) is 88.5 Å². The maximum Gasteiger partial charge on any atom is 0.228 e. The highest BCUT2D eigenvalue weighted by molar-refractivity contribution is 5.82. The number of piperidine rings is 1. The van der Waals surface area contributed by atoms with Gasteiger partial charge in [0.1, 0.15) is 11.6 Å². The first-order valence-electron chi connectivity index (χ1n) is 14.1. The van der Waals surface area contributed by atoms with Gasteiger partial charge in [0.15, 0.2) is 0 Å². The fourth-order valence-electron chi connectivity index (χ4n) is 7.34. The molecule has 2 aromatic carbocycles. The van der Waals surface area contributed by atoms with Crippen LogP contribution in [0, 0.1) is 17.6 Å². The largest absolute Gasteiger partial charge is 0.339 e. The molecule has 4 unspecified atom stereocenters. The molecule has 2 saturated heterocycles. The first kappa shape index (κ1) is 25.4. The molecule has 1 N–H and O–H groups in total. The summed E-state index contributed by atoms with van der Waals surface area (Å²) in [6.07, 6.45) is 9.74. The Labute approximate surface area is 214 Å². The summed E-state index contributed by atoms with van der Waals surface area (Å²) in [5.74, 6) is -0.431. The van der Waals surface area contributed by atoms with Crippen LogP contribution in [-0.4, -0.2) is 36.5 Å². The van der Waals surface area contributed by atoms with Crippen LogP contribution in [0.25, 0.3) is 0 Å². The summed E-state index contributed by atoms with van der Waals surface area (Å²) in [5.41, 5.74) is 1.67. The summed E-state index contributed by atoms with van der Waals surface area (Å²) in [7, 11) is 0. The van der Waals surface area contributed by atoms with Crippen molar-refractivity contribution in [2.75, 3.05) is 19.6 Å². The van der Waals surface area contributed by atoms with Gasteiger partial charge in [0.25, 0.3) is 0 Å². The Balaban J connectivity index is 1.42. The Bertz CT molecular complexity index is 1060. The third-order valence-corrected chi connectivity index (χ3v) is 9.17. The summed E-state index contributed by atoms with van der Waals surface area (Å²) in [5, 5.41) is 3.41. The number of amides is 1. The van der Waals surface area contributed by atoms with E-state index < -0.39 is 5.41 Å². The van der Waals surface area contributed by atoms with Crippen molar-refractivity contribution in [3.05, 3.63) is 70.8 Å². The average Bonchev–Trinajstić information content (AvgIpc) is 3.32. The Morgan fingerprint density at radius 2 is 1.89 bits per heavy atom. The predicted octanol–water partition coefficient (Wildman–Crippen LogP) is 6.50. The van der Waals surface area contributed by atoms with E-state index in [1.807, 2.05) is 0 Å². The molecule has 0 aromatic heterocycles. The zero-order chi connectivity index (χ0) is 25.1. The lowest BCUT2D eigenvalue weighted by Gasteiger charge is -2.45. The number of unbranched alkanes of at least 4 members (excludes halogenated alkanes) is 3. The van der Waals surface area contributed by atoms with Gasteiger partial charge in [-0.05, 0) is 67.7 Å². The van der Waals surface area contributed by atoms with Crippen molar-refractivity contribution in [3.8, 4) is 0 Å². The number of benzene rings is 2. The molecule has 1 aliphatic carbocycles. The smallest absolute Gasteiger partial charge is 0.228 e. The molecule has 2 aliphatic heterocycles. The number of fused-ring (bicyclic) bond motifs is 2. The fourth-order valence-corrected chi connectivity index (χ4v) is 7.34. The van der Waals surface area contributed by atoms with Gasteiger partial charge in [0.2, 0.25) is 5.91 Å². The molecule has 2 heterocycles. The second-order valence-corrected chi connectivity index (χ2v) is 11.2.